The molecule has 0 radical (unpaired) electrons. The molecule has 124 valence electrons. The van der Waals surface area contributed by atoms with E-state index in [2.05, 4.69) is 25.5 Å². The number of H-pyrrole nitrogens is 1. The number of aromatic nitrogens is 4. The first-order valence-electron chi connectivity index (χ1n) is 7.53. The first-order valence-corrected chi connectivity index (χ1v) is 8.41. The fourth-order valence-corrected chi connectivity index (χ4v) is 2.94. The molecule has 3 rings (SSSR count). The Morgan fingerprint density at radius 1 is 1.38 bits per heavy atom. The number of rotatable bonds is 7. The van der Waals surface area contributed by atoms with Crippen molar-refractivity contribution in [3.05, 3.63) is 47.2 Å². The van der Waals surface area contributed by atoms with Gasteiger partial charge in [0.2, 0.25) is 5.91 Å². The summed E-state index contributed by atoms with van der Waals surface area (Å²) >= 11 is 1.43. The number of amides is 1. The average molecular weight is 343 g/mol. The second-order valence-electron chi connectivity index (χ2n) is 4.97. The Balaban J connectivity index is 1.57. The van der Waals surface area contributed by atoms with Crippen LogP contribution in [0.25, 0.3) is 10.8 Å². The Morgan fingerprint density at radius 3 is 3.04 bits per heavy atom. The Labute approximate surface area is 143 Å². The second kappa shape index (κ2) is 7.69. The van der Waals surface area contributed by atoms with Gasteiger partial charge in [0.25, 0.3) is 0 Å². The standard InChI is InChI=1S/C16H17N5O2S/c1-2-23-13-6-4-3-5-11(13)8-17-14(22)7-12-9-24-16(20-12)15-18-10-19-21-15/h3-6,9-10H,2,7-8H2,1H3,(H,17,22)(H,18,19,21). The van der Waals surface area contributed by atoms with Gasteiger partial charge in [-0.05, 0) is 13.0 Å². The summed E-state index contributed by atoms with van der Waals surface area (Å²) in [6.45, 7) is 2.95. The molecule has 2 heterocycles. The van der Waals surface area contributed by atoms with E-state index in [0.29, 0.717) is 24.7 Å². The lowest BCUT2D eigenvalue weighted by Gasteiger charge is -2.10. The number of benzene rings is 1. The highest BCUT2D eigenvalue weighted by atomic mass is 32.1. The van der Waals surface area contributed by atoms with Crippen molar-refractivity contribution in [2.75, 3.05) is 6.61 Å². The summed E-state index contributed by atoms with van der Waals surface area (Å²) in [4.78, 5) is 20.6. The summed E-state index contributed by atoms with van der Waals surface area (Å²) in [7, 11) is 0. The lowest BCUT2D eigenvalue weighted by atomic mass is 10.2. The van der Waals surface area contributed by atoms with Gasteiger partial charge in [0.1, 0.15) is 12.1 Å². The number of aromatic amines is 1. The van der Waals surface area contributed by atoms with E-state index in [0.717, 1.165) is 16.3 Å². The number of nitrogens with zero attached hydrogens (tertiary/aromatic N) is 3. The summed E-state index contributed by atoms with van der Waals surface area (Å²) in [5.41, 5.74) is 1.66. The molecule has 0 aliphatic heterocycles. The normalized spacial score (nSPS) is 10.5. The molecule has 0 saturated carbocycles. The van der Waals surface area contributed by atoms with Gasteiger partial charge in [-0.2, -0.15) is 5.10 Å². The molecule has 0 fully saturated rings. The molecule has 2 aromatic heterocycles. The van der Waals surface area contributed by atoms with Crippen LogP contribution in [0.1, 0.15) is 18.2 Å². The van der Waals surface area contributed by atoms with E-state index >= 15 is 0 Å². The summed E-state index contributed by atoms with van der Waals surface area (Å²) in [5.74, 6) is 1.31. The lowest BCUT2D eigenvalue weighted by molar-refractivity contribution is -0.120. The Kier molecular flexibility index (Phi) is 5.17. The minimum atomic E-state index is -0.0873. The molecule has 0 aliphatic rings. The third-order valence-corrected chi connectivity index (χ3v) is 4.16. The van der Waals surface area contributed by atoms with Gasteiger partial charge in [0.15, 0.2) is 10.8 Å². The molecule has 1 amide bonds. The van der Waals surface area contributed by atoms with Crippen LogP contribution in [0.4, 0.5) is 0 Å². The average Bonchev–Trinajstić information content (AvgIpc) is 3.25. The summed E-state index contributed by atoms with van der Waals surface area (Å²) in [5, 5.41) is 12.0. The summed E-state index contributed by atoms with van der Waals surface area (Å²) < 4.78 is 5.55. The number of ether oxygens (including phenoxy) is 1. The Morgan fingerprint density at radius 2 is 2.25 bits per heavy atom. The van der Waals surface area contributed by atoms with Gasteiger partial charge < -0.3 is 10.1 Å². The molecule has 8 heteroatoms. The topological polar surface area (TPSA) is 92.8 Å². The molecule has 24 heavy (non-hydrogen) atoms. The van der Waals surface area contributed by atoms with Gasteiger partial charge in [0.05, 0.1) is 18.7 Å². The van der Waals surface area contributed by atoms with E-state index in [1.165, 1.54) is 17.7 Å². The summed E-state index contributed by atoms with van der Waals surface area (Å²) in [6, 6.07) is 7.68. The molecule has 1 aromatic carbocycles. The highest BCUT2D eigenvalue weighted by Gasteiger charge is 2.11. The smallest absolute Gasteiger partial charge is 0.226 e. The van der Waals surface area contributed by atoms with E-state index < -0.39 is 0 Å². The number of para-hydroxylation sites is 1. The number of hydrogen-bond donors (Lipinski definition) is 2. The van der Waals surface area contributed by atoms with Crippen LogP contribution in [0.5, 0.6) is 5.75 Å². The highest BCUT2D eigenvalue weighted by Crippen LogP contribution is 2.20. The molecule has 0 unspecified atom stereocenters. The van der Waals surface area contributed by atoms with Crippen LogP contribution in [0, 0.1) is 0 Å². The van der Waals surface area contributed by atoms with E-state index in [4.69, 9.17) is 4.74 Å². The summed E-state index contributed by atoms with van der Waals surface area (Å²) in [6.07, 6.45) is 1.65. The molecule has 0 spiro atoms. The molecular weight excluding hydrogens is 326 g/mol. The van der Waals surface area contributed by atoms with Crippen LogP contribution in [-0.2, 0) is 17.8 Å². The zero-order valence-corrected chi connectivity index (χ0v) is 14.0. The van der Waals surface area contributed by atoms with E-state index in [1.807, 2.05) is 36.6 Å². The predicted octanol–water partition coefficient (Wildman–Crippen LogP) is 2.19. The number of carbonyl (C=O) groups excluding carboxylic acids is 1. The van der Waals surface area contributed by atoms with Crippen LogP contribution in [-0.4, -0.2) is 32.7 Å². The van der Waals surface area contributed by atoms with Crippen molar-refractivity contribution >= 4 is 17.2 Å². The number of carbonyl (C=O) groups is 1. The minimum Gasteiger partial charge on any atom is -0.494 e. The monoisotopic (exact) mass is 343 g/mol. The third-order valence-electron chi connectivity index (χ3n) is 3.26. The van der Waals surface area contributed by atoms with Crippen LogP contribution < -0.4 is 10.1 Å². The molecular formula is C16H17N5O2S. The maximum absolute atomic E-state index is 12.1. The van der Waals surface area contributed by atoms with Gasteiger partial charge in [-0.1, -0.05) is 18.2 Å². The van der Waals surface area contributed by atoms with Crippen molar-refractivity contribution in [3.8, 4) is 16.6 Å². The highest BCUT2D eigenvalue weighted by molar-refractivity contribution is 7.13. The lowest BCUT2D eigenvalue weighted by Crippen LogP contribution is -2.25. The number of nitrogens with one attached hydrogen (secondary N) is 2. The van der Waals surface area contributed by atoms with Gasteiger partial charge in [-0.3, -0.25) is 9.89 Å². The fourth-order valence-electron chi connectivity index (χ4n) is 2.17. The van der Waals surface area contributed by atoms with Gasteiger partial charge in [-0.25, -0.2) is 9.97 Å². The van der Waals surface area contributed by atoms with Gasteiger partial charge in [0, 0.05) is 17.5 Å². The van der Waals surface area contributed by atoms with Crippen LogP contribution in [0.15, 0.2) is 36.0 Å². The van der Waals surface area contributed by atoms with E-state index in [9.17, 15) is 4.79 Å². The number of thiazole rings is 1. The van der Waals surface area contributed by atoms with Gasteiger partial charge in [-0.15, -0.1) is 11.3 Å². The SMILES string of the molecule is CCOc1ccccc1CNC(=O)Cc1csc(-c2ncn[nH]2)n1. The predicted molar refractivity (Wildman–Crippen MR) is 90.7 cm³/mol. The molecule has 0 saturated heterocycles. The first-order chi connectivity index (χ1) is 11.8. The fraction of sp³-hybridized carbons (Fsp3) is 0.250. The molecule has 3 aromatic rings. The van der Waals surface area contributed by atoms with Crippen molar-refractivity contribution < 1.29 is 9.53 Å². The van der Waals surface area contributed by atoms with Crippen LogP contribution in [0.2, 0.25) is 0 Å². The van der Waals surface area contributed by atoms with Crippen molar-refractivity contribution in [2.24, 2.45) is 0 Å². The first kappa shape index (κ1) is 16.1. The Bertz CT molecular complexity index is 800. The van der Waals surface area contributed by atoms with Crippen molar-refractivity contribution in [1.29, 1.82) is 0 Å². The van der Waals surface area contributed by atoms with E-state index in [-0.39, 0.29) is 12.3 Å². The minimum absolute atomic E-state index is 0.0873. The molecule has 0 aliphatic carbocycles. The molecule has 7 nitrogen and oxygen atoms in total. The molecule has 0 atom stereocenters. The van der Waals surface area contributed by atoms with E-state index in [1.54, 1.807) is 0 Å². The maximum Gasteiger partial charge on any atom is 0.226 e. The maximum atomic E-state index is 12.1. The van der Waals surface area contributed by atoms with Crippen molar-refractivity contribution in [1.82, 2.24) is 25.5 Å². The van der Waals surface area contributed by atoms with Crippen LogP contribution in [0.3, 0.4) is 0 Å². The van der Waals surface area contributed by atoms with Gasteiger partial charge >= 0.3 is 0 Å². The second-order valence-corrected chi connectivity index (χ2v) is 5.83. The molecule has 2 N–H and O–H groups in total. The van der Waals surface area contributed by atoms with Crippen molar-refractivity contribution in [3.63, 3.8) is 0 Å². The van der Waals surface area contributed by atoms with Crippen LogP contribution >= 0.6 is 11.3 Å². The molecule has 0 bridgehead atoms. The number of hydrogen-bond acceptors (Lipinski definition) is 6. The quantitative estimate of drug-likeness (QED) is 0.686. The third kappa shape index (κ3) is 3.96. The Hall–Kier alpha value is -2.74. The zero-order chi connectivity index (χ0) is 16.8. The zero-order valence-electron chi connectivity index (χ0n) is 13.2. The van der Waals surface area contributed by atoms with Crippen molar-refractivity contribution in [2.45, 2.75) is 19.9 Å². The largest absolute Gasteiger partial charge is 0.494 e.